The second kappa shape index (κ2) is 7.18. The van der Waals surface area contributed by atoms with Crippen LogP contribution in [0.1, 0.15) is 12.0 Å². The molecule has 1 aromatic heterocycles. The van der Waals surface area contributed by atoms with E-state index in [0.29, 0.717) is 15.6 Å². The van der Waals surface area contributed by atoms with Crippen LogP contribution in [0.3, 0.4) is 0 Å². The highest BCUT2D eigenvalue weighted by molar-refractivity contribution is 7.85. The third kappa shape index (κ3) is 4.49. The molecule has 0 aliphatic carbocycles. The van der Waals surface area contributed by atoms with Crippen molar-refractivity contribution in [3.05, 3.63) is 46.5 Å². The molecule has 3 rings (SSSR count). The molecule has 0 bridgehead atoms. The van der Waals surface area contributed by atoms with E-state index in [4.69, 9.17) is 37.2 Å². The van der Waals surface area contributed by atoms with E-state index in [9.17, 15) is 8.42 Å². The summed E-state index contributed by atoms with van der Waals surface area (Å²) in [7, 11) is -4.08. The van der Waals surface area contributed by atoms with Gasteiger partial charge in [0.2, 0.25) is 5.79 Å². The fourth-order valence-electron chi connectivity index (χ4n) is 2.62. The lowest BCUT2D eigenvalue weighted by molar-refractivity contribution is -0.188. The predicted octanol–water partition coefficient (Wildman–Crippen LogP) is 2.13. The van der Waals surface area contributed by atoms with Crippen LogP contribution in [0.4, 0.5) is 0 Å². The molecule has 2 atom stereocenters. The largest absolute Gasteiger partial charge is 0.342 e. The maximum atomic E-state index is 11.0. The van der Waals surface area contributed by atoms with Crippen molar-refractivity contribution in [2.75, 3.05) is 12.4 Å². The van der Waals surface area contributed by atoms with Crippen molar-refractivity contribution in [3.8, 4) is 0 Å². The van der Waals surface area contributed by atoms with Crippen molar-refractivity contribution in [3.63, 3.8) is 0 Å². The lowest BCUT2D eigenvalue weighted by Gasteiger charge is -2.29. The van der Waals surface area contributed by atoms with E-state index in [2.05, 4.69) is 10.1 Å². The van der Waals surface area contributed by atoms with Crippen LogP contribution in [0.5, 0.6) is 0 Å². The van der Waals surface area contributed by atoms with Crippen LogP contribution in [0.25, 0.3) is 0 Å². The first-order chi connectivity index (χ1) is 11.8. The molecule has 1 N–H and O–H groups in total. The van der Waals surface area contributed by atoms with Gasteiger partial charge in [-0.15, -0.1) is 0 Å². The third-order valence-electron chi connectivity index (χ3n) is 3.74. The van der Waals surface area contributed by atoms with Crippen molar-refractivity contribution in [1.29, 1.82) is 0 Å². The second-order valence-corrected chi connectivity index (χ2v) is 8.01. The topological polar surface area (TPSA) is 104 Å². The van der Waals surface area contributed by atoms with Gasteiger partial charge in [-0.2, -0.15) is 13.5 Å². The molecule has 25 heavy (non-hydrogen) atoms. The zero-order chi connectivity index (χ0) is 18.1. The van der Waals surface area contributed by atoms with Crippen molar-refractivity contribution in [1.82, 2.24) is 14.8 Å². The summed E-state index contributed by atoms with van der Waals surface area (Å²) in [5.74, 6) is -1.69. The Balaban J connectivity index is 1.88. The standard InChI is InChI=1S/C14H15Cl2N3O5S/c15-10-1-2-12(13(16)5-10)14(7-19-9-17-8-18-19)23-6-11(24-14)3-4-25(20,21)22/h1-2,5,8-9,11H,3-4,6-7H2,(H,20,21,22). The van der Waals surface area contributed by atoms with Gasteiger partial charge in [-0.25, -0.2) is 9.67 Å². The van der Waals surface area contributed by atoms with Crippen LogP contribution < -0.4 is 0 Å². The number of benzene rings is 1. The fourth-order valence-corrected chi connectivity index (χ4v) is 3.74. The summed E-state index contributed by atoms with van der Waals surface area (Å²) in [5.41, 5.74) is 0.545. The molecule has 8 nitrogen and oxygen atoms in total. The zero-order valence-electron chi connectivity index (χ0n) is 12.9. The molecular weight excluding hydrogens is 393 g/mol. The summed E-state index contributed by atoms with van der Waals surface area (Å²) in [4.78, 5) is 3.89. The molecule has 0 saturated carbocycles. The highest BCUT2D eigenvalue weighted by Gasteiger charge is 2.45. The SMILES string of the molecule is O=S(=O)(O)CCC1COC(Cn2cncn2)(c2ccc(Cl)cc2Cl)O1. The Kier molecular flexibility index (Phi) is 5.33. The van der Waals surface area contributed by atoms with Crippen molar-refractivity contribution >= 4 is 33.3 Å². The van der Waals surface area contributed by atoms with E-state index >= 15 is 0 Å². The van der Waals surface area contributed by atoms with Gasteiger partial charge in [0.15, 0.2) is 0 Å². The first-order valence-electron chi connectivity index (χ1n) is 7.32. The summed E-state index contributed by atoms with van der Waals surface area (Å²) >= 11 is 12.3. The van der Waals surface area contributed by atoms with E-state index in [0.717, 1.165) is 0 Å². The number of ether oxygens (including phenoxy) is 2. The average Bonchev–Trinajstić information content (AvgIpc) is 3.15. The Hall–Kier alpha value is -1.23. The first-order valence-corrected chi connectivity index (χ1v) is 9.69. The predicted molar refractivity (Wildman–Crippen MR) is 90.0 cm³/mol. The van der Waals surface area contributed by atoms with Gasteiger partial charge in [-0.05, 0) is 18.6 Å². The molecule has 2 aromatic rings. The number of nitrogens with zero attached hydrogens (tertiary/aromatic N) is 3. The van der Waals surface area contributed by atoms with Gasteiger partial charge in [0.05, 0.1) is 23.5 Å². The number of hydrogen-bond acceptors (Lipinski definition) is 6. The minimum absolute atomic E-state index is 0.0865. The molecule has 2 heterocycles. The van der Waals surface area contributed by atoms with Gasteiger partial charge in [-0.3, -0.25) is 4.55 Å². The Morgan fingerprint density at radius 1 is 1.40 bits per heavy atom. The Morgan fingerprint density at radius 2 is 2.20 bits per heavy atom. The molecule has 11 heteroatoms. The maximum absolute atomic E-state index is 11.0. The van der Waals surface area contributed by atoms with E-state index in [1.54, 1.807) is 18.2 Å². The van der Waals surface area contributed by atoms with Crippen LogP contribution in [0.2, 0.25) is 10.0 Å². The Morgan fingerprint density at radius 3 is 2.84 bits per heavy atom. The van der Waals surface area contributed by atoms with E-state index in [1.165, 1.54) is 17.3 Å². The van der Waals surface area contributed by atoms with Gasteiger partial charge >= 0.3 is 0 Å². The molecular formula is C14H15Cl2N3O5S. The molecule has 2 unspecified atom stereocenters. The van der Waals surface area contributed by atoms with Crippen LogP contribution >= 0.6 is 23.2 Å². The quantitative estimate of drug-likeness (QED) is 0.731. The van der Waals surface area contributed by atoms with Gasteiger partial charge in [0.1, 0.15) is 19.2 Å². The lowest BCUT2D eigenvalue weighted by Crippen LogP contribution is -2.34. The van der Waals surface area contributed by atoms with E-state index < -0.39 is 27.8 Å². The molecule has 1 fully saturated rings. The van der Waals surface area contributed by atoms with Crippen LogP contribution in [-0.4, -0.2) is 46.2 Å². The molecule has 136 valence electrons. The second-order valence-electron chi connectivity index (χ2n) is 5.60. The highest BCUT2D eigenvalue weighted by atomic mass is 35.5. The summed E-state index contributed by atoms with van der Waals surface area (Å²) in [6, 6.07) is 4.91. The van der Waals surface area contributed by atoms with E-state index in [1.807, 2.05) is 0 Å². The summed E-state index contributed by atoms with van der Waals surface area (Å²) in [5, 5.41) is 4.86. The fraction of sp³-hybridized carbons (Fsp3) is 0.429. The smallest absolute Gasteiger partial charge is 0.264 e. The third-order valence-corrected chi connectivity index (χ3v) is 5.03. The van der Waals surface area contributed by atoms with Crippen LogP contribution in [-0.2, 0) is 31.9 Å². The molecule has 1 aliphatic rings. The summed E-state index contributed by atoms with van der Waals surface area (Å²) < 4.78 is 44.3. The Labute approximate surface area is 154 Å². The maximum Gasteiger partial charge on any atom is 0.264 e. The van der Waals surface area contributed by atoms with Crippen molar-refractivity contribution < 1.29 is 22.4 Å². The monoisotopic (exact) mass is 407 g/mol. The van der Waals surface area contributed by atoms with Crippen LogP contribution in [0, 0.1) is 0 Å². The molecule has 1 aliphatic heterocycles. The number of halogens is 2. The summed E-state index contributed by atoms with van der Waals surface area (Å²) in [6.45, 7) is 0.305. The molecule has 0 spiro atoms. The van der Waals surface area contributed by atoms with Gasteiger partial charge in [0, 0.05) is 10.6 Å². The van der Waals surface area contributed by atoms with Gasteiger partial charge in [-0.1, -0.05) is 29.3 Å². The first kappa shape index (κ1) is 18.6. The molecule has 0 amide bonds. The lowest BCUT2D eigenvalue weighted by atomic mass is 10.1. The van der Waals surface area contributed by atoms with Gasteiger partial charge in [0.25, 0.3) is 10.1 Å². The van der Waals surface area contributed by atoms with Gasteiger partial charge < -0.3 is 9.47 Å². The minimum atomic E-state index is -4.08. The van der Waals surface area contributed by atoms with E-state index in [-0.39, 0.29) is 19.6 Å². The normalized spacial score (nSPS) is 23.9. The molecule has 1 saturated heterocycles. The van der Waals surface area contributed by atoms with Crippen molar-refractivity contribution in [2.24, 2.45) is 0 Å². The zero-order valence-corrected chi connectivity index (χ0v) is 15.2. The van der Waals surface area contributed by atoms with Crippen LogP contribution in [0.15, 0.2) is 30.9 Å². The van der Waals surface area contributed by atoms with Crippen molar-refractivity contribution in [2.45, 2.75) is 24.9 Å². The average molecular weight is 408 g/mol. The molecule has 0 radical (unpaired) electrons. The summed E-state index contributed by atoms with van der Waals surface area (Å²) in [6.07, 6.45) is 2.44. The highest BCUT2D eigenvalue weighted by Crippen LogP contribution is 2.40. The number of hydrogen-bond donors (Lipinski definition) is 1. The molecule has 1 aromatic carbocycles. The Bertz CT molecular complexity index is 846. The number of rotatable bonds is 6. The number of aromatic nitrogens is 3. The minimum Gasteiger partial charge on any atom is -0.342 e.